The summed E-state index contributed by atoms with van der Waals surface area (Å²) in [6, 6.07) is 5.57. The van der Waals surface area contributed by atoms with E-state index in [9.17, 15) is 14.0 Å². The molecule has 0 heterocycles. The van der Waals surface area contributed by atoms with E-state index in [1.165, 1.54) is 12.1 Å². The fourth-order valence-corrected chi connectivity index (χ4v) is 1.57. The van der Waals surface area contributed by atoms with Gasteiger partial charge in [-0.25, -0.2) is 4.39 Å². The summed E-state index contributed by atoms with van der Waals surface area (Å²) in [5.74, 6) is -1.45. The predicted octanol–water partition coefficient (Wildman–Crippen LogP) is 1.74. The van der Waals surface area contributed by atoms with Crippen LogP contribution in [-0.2, 0) is 16.0 Å². The highest BCUT2D eigenvalue weighted by Gasteiger charge is 2.10. The van der Waals surface area contributed by atoms with Crippen LogP contribution < -0.4 is 5.32 Å². The largest absolute Gasteiger partial charge is 0.481 e. The first-order valence-electron chi connectivity index (χ1n) is 5.73. The maximum absolute atomic E-state index is 12.6. The van der Waals surface area contributed by atoms with Gasteiger partial charge in [-0.1, -0.05) is 12.1 Å². The summed E-state index contributed by atoms with van der Waals surface area (Å²) < 4.78 is 12.6. The zero-order valence-corrected chi connectivity index (χ0v) is 10.1. The summed E-state index contributed by atoms with van der Waals surface area (Å²) in [6.45, 7) is 1.64. The Hall–Kier alpha value is -1.91. The first kappa shape index (κ1) is 14.2. The lowest BCUT2D eigenvalue weighted by atomic mass is 10.1. The highest BCUT2D eigenvalue weighted by Crippen LogP contribution is 2.05. The summed E-state index contributed by atoms with van der Waals surface area (Å²) >= 11 is 0. The van der Waals surface area contributed by atoms with Gasteiger partial charge in [0.1, 0.15) is 5.82 Å². The van der Waals surface area contributed by atoms with Crippen molar-refractivity contribution < 1.29 is 19.1 Å². The van der Waals surface area contributed by atoms with Gasteiger partial charge in [0.05, 0.1) is 6.42 Å². The van der Waals surface area contributed by atoms with Crippen molar-refractivity contribution in [2.45, 2.75) is 32.2 Å². The average Bonchev–Trinajstić information content (AvgIpc) is 2.27. The lowest BCUT2D eigenvalue weighted by Crippen LogP contribution is -2.34. The Labute approximate surface area is 105 Å². The lowest BCUT2D eigenvalue weighted by molar-refractivity contribution is -0.137. The van der Waals surface area contributed by atoms with Gasteiger partial charge in [-0.3, -0.25) is 9.59 Å². The number of benzene rings is 1. The van der Waals surface area contributed by atoms with Gasteiger partial charge in [-0.15, -0.1) is 0 Å². The molecule has 18 heavy (non-hydrogen) atoms. The molecule has 0 saturated carbocycles. The molecule has 0 saturated heterocycles. The number of nitrogens with one attached hydrogen (secondary N) is 1. The molecule has 0 aliphatic carbocycles. The third-order valence-electron chi connectivity index (χ3n) is 2.44. The number of carbonyl (C=O) groups is 2. The summed E-state index contributed by atoms with van der Waals surface area (Å²) in [7, 11) is 0. The molecule has 1 aromatic rings. The van der Waals surface area contributed by atoms with Crippen LogP contribution in [0.4, 0.5) is 4.39 Å². The van der Waals surface area contributed by atoms with Crippen molar-refractivity contribution in [3.05, 3.63) is 35.6 Å². The minimum absolute atomic E-state index is 0.0950. The third kappa shape index (κ3) is 5.43. The second kappa shape index (κ2) is 6.74. The molecule has 1 unspecified atom stereocenters. The van der Waals surface area contributed by atoms with E-state index in [4.69, 9.17) is 5.11 Å². The molecule has 0 aliphatic rings. The highest BCUT2D eigenvalue weighted by molar-refractivity contribution is 5.77. The maximum atomic E-state index is 12.6. The third-order valence-corrected chi connectivity index (χ3v) is 2.44. The van der Waals surface area contributed by atoms with Crippen molar-refractivity contribution in [3.63, 3.8) is 0 Å². The Morgan fingerprint density at radius 2 is 1.94 bits per heavy atom. The fraction of sp³-hybridized carbons (Fsp3) is 0.385. The Balaban J connectivity index is 2.32. The van der Waals surface area contributed by atoms with Crippen LogP contribution in [0.15, 0.2) is 24.3 Å². The molecule has 0 spiro atoms. The summed E-state index contributed by atoms with van der Waals surface area (Å²) in [4.78, 5) is 21.9. The molecule has 0 aliphatic heterocycles. The van der Waals surface area contributed by atoms with Crippen LogP contribution in [-0.4, -0.2) is 23.0 Å². The van der Waals surface area contributed by atoms with Crippen LogP contribution in [0.1, 0.15) is 25.3 Å². The van der Waals surface area contributed by atoms with Crippen LogP contribution in [0.5, 0.6) is 0 Å². The van der Waals surface area contributed by atoms with Crippen LogP contribution in [0.3, 0.4) is 0 Å². The molecule has 1 amide bonds. The molecule has 0 aromatic heterocycles. The van der Waals surface area contributed by atoms with Gasteiger partial charge in [0.15, 0.2) is 0 Å². The number of aryl methyl sites for hydroxylation is 1. The smallest absolute Gasteiger partial charge is 0.305 e. The molecule has 2 N–H and O–H groups in total. The zero-order valence-electron chi connectivity index (χ0n) is 10.1. The lowest BCUT2D eigenvalue weighted by Gasteiger charge is -2.11. The van der Waals surface area contributed by atoms with Crippen molar-refractivity contribution >= 4 is 11.9 Å². The second-order valence-electron chi connectivity index (χ2n) is 4.19. The number of rotatable bonds is 6. The van der Waals surface area contributed by atoms with Crippen LogP contribution >= 0.6 is 0 Å². The zero-order chi connectivity index (χ0) is 13.5. The topological polar surface area (TPSA) is 66.4 Å². The Bertz CT molecular complexity index is 417. The minimum Gasteiger partial charge on any atom is -0.481 e. The number of carboxylic acids is 1. The molecule has 1 atom stereocenters. The van der Waals surface area contributed by atoms with E-state index >= 15 is 0 Å². The molecule has 0 fully saturated rings. The number of halogens is 1. The van der Waals surface area contributed by atoms with Crippen molar-refractivity contribution in [2.24, 2.45) is 0 Å². The number of hydrogen-bond donors (Lipinski definition) is 2. The number of carboxylic acid groups (broad SMARTS) is 1. The van der Waals surface area contributed by atoms with Crippen LogP contribution in [0.25, 0.3) is 0 Å². The maximum Gasteiger partial charge on any atom is 0.305 e. The predicted molar refractivity (Wildman–Crippen MR) is 64.6 cm³/mol. The number of hydrogen-bond acceptors (Lipinski definition) is 2. The summed E-state index contributed by atoms with van der Waals surface area (Å²) in [5, 5.41) is 11.1. The molecule has 5 heteroatoms. The summed E-state index contributed by atoms with van der Waals surface area (Å²) in [5.41, 5.74) is 0.873. The first-order chi connectivity index (χ1) is 8.47. The fourth-order valence-electron chi connectivity index (χ4n) is 1.57. The van der Waals surface area contributed by atoms with Gasteiger partial charge in [0.2, 0.25) is 5.91 Å². The van der Waals surface area contributed by atoms with Crippen molar-refractivity contribution in [1.29, 1.82) is 0 Å². The SMILES string of the molecule is CC(CC(=O)O)NC(=O)CCc1ccc(F)cc1. The van der Waals surface area contributed by atoms with E-state index in [1.54, 1.807) is 19.1 Å². The Morgan fingerprint density at radius 1 is 1.33 bits per heavy atom. The molecule has 4 nitrogen and oxygen atoms in total. The van der Waals surface area contributed by atoms with Gasteiger partial charge in [-0.2, -0.15) is 0 Å². The van der Waals surface area contributed by atoms with E-state index in [-0.39, 0.29) is 30.6 Å². The molecule has 1 aromatic carbocycles. The normalized spacial score (nSPS) is 11.9. The second-order valence-corrected chi connectivity index (χ2v) is 4.19. The van der Waals surface area contributed by atoms with Gasteiger partial charge in [0.25, 0.3) is 0 Å². The van der Waals surface area contributed by atoms with E-state index < -0.39 is 5.97 Å². The standard InChI is InChI=1S/C13H16FNO3/c1-9(8-13(17)18)15-12(16)7-4-10-2-5-11(14)6-3-10/h2-3,5-6,9H,4,7-8H2,1H3,(H,15,16)(H,17,18). The van der Waals surface area contributed by atoms with Gasteiger partial charge >= 0.3 is 5.97 Å². The number of carbonyl (C=O) groups excluding carboxylic acids is 1. The Kier molecular flexibility index (Phi) is 5.30. The Morgan fingerprint density at radius 3 is 2.50 bits per heavy atom. The summed E-state index contributed by atoms with van der Waals surface area (Å²) in [6.07, 6.45) is 0.670. The first-order valence-corrected chi connectivity index (χ1v) is 5.73. The quantitative estimate of drug-likeness (QED) is 0.811. The highest BCUT2D eigenvalue weighted by atomic mass is 19.1. The molecule has 1 rings (SSSR count). The number of aliphatic carboxylic acids is 1. The van der Waals surface area contributed by atoms with Crippen molar-refractivity contribution in [2.75, 3.05) is 0 Å². The van der Waals surface area contributed by atoms with E-state index in [0.717, 1.165) is 5.56 Å². The van der Waals surface area contributed by atoms with E-state index in [1.807, 2.05) is 0 Å². The van der Waals surface area contributed by atoms with Gasteiger partial charge < -0.3 is 10.4 Å². The van der Waals surface area contributed by atoms with Crippen molar-refractivity contribution in [1.82, 2.24) is 5.32 Å². The van der Waals surface area contributed by atoms with Gasteiger partial charge in [-0.05, 0) is 31.0 Å². The number of amides is 1. The van der Waals surface area contributed by atoms with Crippen molar-refractivity contribution in [3.8, 4) is 0 Å². The molecule has 98 valence electrons. The van der Waals surface area contributed by atoms with Crippen LogP contribution in [0, 0.1) is 5.82 Å². The average molecular weight is 253 g/mol. The monoisotopic (exact) mass is 253 g/mol. The minimum atomic E-state index is -0.943. The van der Waals surface area contributed by atoms with E-state index in [2.05, 4.69) is 5.32 Å². The molecule has 0 radical (unpaired) electrons. The van der Waals surface area contributed by atoms with Gasteiger partial charge in [0, 0.05) is 12.5 Å². The molecular weight excluding hydrogens is 237 g/mol. The van der Waals surface area contributed by atoms with Crippen LogP contribution in [0.2, 0.25) is 0 Å². The molecular formula is C13H16FNO3. The van der Waals surface area contributed by atoms with E-state index in [0.29, 0.717) is 6.42 Å². The molecule has 0 bridgehead atoms.